The molecular formula is C15H16ClN3O4S. The van der Waals surface area contributed by atoms with Crippen LogP contribution < -0.4 is 10.0 Å². The summed E-state index contributed by atoms with van der Waals surface area (Å²) in [6.07, 6.45) is 0. The van der Waals surface area contributed by atoms with E-state index in [4.69, 9.17) is 11.6 Å². The summed E-state index contributed by atoms with van der Waals surface area (Å²) in [7, 11) is -2.51. The molecule has 0 heterocycles. The van der Waals surface area contributed by atoms with Gasteiger partial charge in [-0.3, -0.25) is 10.1 Å². The molecular weight excluding hydrogens is 354 g/mol. The van der Waals surface area contributed by atoms with Crippen LogP contribution in [0.5, 0.6) is 0 Å². The number of benzene rings is 2. The van der Waals surface area contributed by atoms with Crippen molar-refractivity contribution < 1.29 is 13.3 Å². The Morgan fingerprint density at radius 3 is 2.50 bits per heavy atom. The lowest BCUT2D eigenvalue weighted by molar-refractivity contribution is -0.384. The largest absolute Gasteiger partial charge is 0.373 e. The zero-order valence-electron chi connectivity index (χ0n) is 13.0. The summed E-state index contributed by atoms with van der Waals surface area (Å²) in [5, 5.41) is 14.9. The van der Waals surface area contributed by atoms with Gasteiger partial charge in [-0.2, -0.15) is 0 Å². The molecule has 0 saturated carbocycles. The Kier molecular flexibility index (Phi) is 5.43. The van der Waals surface area contributed by atoms with Crippen LogP contribution in [0.2, 0.25) is 5.02 Å². The zero-order valence-corrected chi connectivity index (χ0v) is 14.6. The van der Waals surface area contributed by atoms with Gasteiger partial charge in [-0.05, 0) is 43.8 Å². The number of halogens is 1. The smallest absolute Gasteiger partial charge is 0.293 e. The summed E-state index contributed by atoms with van der Waals surface area (Å²) in [4.78, 5) is 10.5. The molecule has 2 rings (SSSR count). The van der Waals surface area contributed by atoms with Crippen molar-refractivity contribution in [1.82, 2.24) is 4.72 Å². The van der Waals surface area contributed by atoms with E-state index < -0.39 is 14.9 Å². The van der Waals surface area contributed by atoms with Crippen LogP contribution in [0.15, 0.2) is 47.4 Å². The Bertz CT molecular complexity index is 871. The minimum atomic E-state index is -3.76. The fourth-order valence-electron chi connectivity index (χ4n) is 2.16. The molecule has 128 valence electrons. The van der Waals surface area contributed by atoms with Gasteiger partial charge in [-0.15, -0.1) is 0 Å². The first-order valence-electron chi connectivity index (χ1n) is 6.98. The summed E-state index contributed by atoms with van der Waals surface area (Å²) < 4.78 is 25.7. The molecule has 1 atom stereocenters. The Balaban J connectivity index is 2.38. The molecule has 0 aliphatic heterocycles. The van der Waals surface area contributed by atoms with Crippen molar-refractivity contribution in [3.63, 3.8) is 0 Å². The molecule has 7 nitrogen and oxygen atoms in total. The Hall–Kier alpha value is -2.16. The molecule has 0 aliphatic rings. The molecule has 24 heavy (non-hydrogen) atoms. The Morgan fingerprint density at radius 1 is 1.21 bits per heavy atom. The summed E-state index contributed by atoms with van der Waals surface area (Å²) in [6, 6.07) is 10.6. The van der Waals surface area contributed by atoms with Gasteiger partial charge in [0.1, 0.15) is 5.69 Å². The van der Waals surface area contributed by atoms with E-state index >= 15 is 0 Å². The van der Waals surface area contributed by atoms with Crippen LogP contribution >= 0.6 is 11.6 Å². The normalized spacial score (nSPS) is 12.6. The molecule has 0 fully saturated rings. The average molecular weight is 370 g/mol. The van der Waals surface area contributed by atoms with E-state index in [0.717, 1.165) is 11.6 Å². The van der Waals surface area contributed by atoms with Crippen molar-refractivity contribution in [1.29, 1.82) is 0 Å². The van der Waals surface area contributed by atoms with Gasteiger partial charge < -0.3 is 5.32 Å². The number of hydrogen-bond donors (Lipinski definition) is 2. The molecule has 0 radical (unpaired) electrons. The third-order valence-corrected chi connectivity index (χ3v) is 5.11. The van der Waals surface area contributed by atoms with Gasteiger partial charge in [-0.1, -0.05) is 23.7 Å². The fourth-order valence-corrected chi connectivity index (χ4v) is 3.11. The van der Waals surface area contributed by atoms with E-state index in [2.05, 4.69) is 10.0 Å². The molecule has 0 spiro atoms. The maximum Gasteiger partial charge on any atom is 0.293 e. The average Bonchev–Trinajstić information content (AvgIpc) is 2.54. The fraction of sp³-hybridized carbons (Fsp3) is 0.200. The topological polar surface area (TPSA) is 101 Å². The van der Waals surface area contributed by atoms with E-state index in [1.165, 1.54) is 19.2 Å². The highest BCUT2D eigenvalue weighted by Gasteiger charge is 2.21. The first kappa shape index (κ1) is 18.2. The number of rotatable bonds is 6. The quantitative estimate of drug-likeness (QED) is 0.600. The van der Waals surface area contributed by atoms with Crippen LogP contribution in [-0.4, -0.2) is 20.4 Å². The number of hydrogen-bond acceptors (Lipinski definition) is 5. The van der Waals surface area contributed by atoms with Crippen molar-refractivity contribution in [3.8, 4) is 0 Å². The van der Waals surface area contributed by atoms with E-state index in [1.807, 2.05) is 13.0 Å². The lowest BCUT2D eigenvalue weighted by Crippen LogP contribution is -2.19. The highest BCUT2D eigenvalue weighted by Crippen LogP contribution is 2.31. The third-order valence-electron chi connectivity index (χ3n) is 3.47. The van der Waals surface area contributed by atoms with Gasteiger partial charge in [0, 0.05) is 17.1 Å². The summed E-state index contributed by atoms with van der Waals surface area (Å²) >= 11 is 5.95. The van der Waals surface area contributed by atoms with E-state index in [9.17, 15) is 18.5 Å². The van der Waals surface area contributed by atoms with E-state index in [1.54, 1.807) is 18.2 Å². The van der Waals surface area contributed by atoms with Crippen LogP contribution in [0.25, 0.3) is 0 Å². The standard InChI is InChI=1S/C15H16ClN3O4S/c1-10(11-4-3-5-12(16)8-11)18-14-7-6-13(24(22,23)17-2)9-15(14)19(20)21/h3-10,17-18H,1-2H3. The highest BCUT2D eigenvalue weighted by atomic mass is 35.5. The second kappa shape index (κ2) is 7.16. The molecule has 1 unspecified atom stereocenters. The predicted octanol–water partition coefficient (Wildman–Crippen LogP) is 3.33. The van der Waals surface area contributed by atoms with Crippen molar-refractivity contribution in [2.75, 3.05) is 12.4 Å². The van der Waals surface area contributed by atoms with Gasteiger partial charge in [-0.25, -0.2) is 13.1 Å². The molecule has 0 saturated heterocycles. The van der Waals surface area contributed by atoms with E-state index in [0.29, 0.717) is 5.02 Å². The van der Waals surface area contributed by atoms with Gasteiger partial charge in [0.2, 0.25) is 10.0 Å². The maximum atomic E-state index is 11.8. The second-order valence-electron chi connectivity index (χ2n) is 5.06. The molecule has 2 aromatic carbocycles. The van der Waals surface area contributed by atoms with Crippen LogP contribution in [0, 0.1) is 10.1 Å². The van der Waals surface area contributed by atoms with Crippen LogP contribution in [0.4, 0.5) is 11.4 Å². The number of nitro benzene ring substituents is 1. The lowest BCUT2D eigenvalue weighted by atomic mass is 10.1. The van der Waals surface area contributed by atoms with Gasteiger partial charge >= 0.3 is 0 Å². The first-order valence-corrected chi connectivity index (χ1v) is 8.84. The molecule has 0 amide bonds. The Labute approximate surface area is 144 Å². The number of nitrogens with one attached hydrogen (secondary N) is 2. The Morgan fingerprint density at radius 2 is 1.92 bits per heavy atom. The number of anilines is 1. The summed E-state index contributed by atoms with van der Waals surface area (Å²) in [5.41, 5.74) is 0.756. The number of nitro groups is 1. The highest BCUT2D eigenvalue weighted by molar-refractivity contribution is 7.89. The van der Waals surface area contributed by atoms with E-state index in [-0.39, 0.29) is 22.3 Å². The summed E-state index contributed by atoms with van der Waals surface area (Å²) in [5.74, 6) is 0. The molecule has 0 aromatic heterocycles. The predicted molar refractivity (Wildman–Crippen MR) is 92.8 cm³/mol. The van der Waals surface area contributed by atoms with Crippen molar-refractivity contribution in [2.45, 2.75) is 17.9 Å². The minimum Gasteiger partial charge on any atom is -0.373 e. The SMILES string of the molecule is CNS(=O)(=O)c1ccc(NC(C)c2cccc(Cl)c2)c([N+](=O)[O-])c1. The van der Waals surface area contributed by atoms with Gasteiger partial charge in [0.25, 0.3) is 5.69 Å². The maximum absolute atomic E-state index is 11.8. The third kappa shape index (κ3) is 4.02. The van der Waals surface area contributed by atoms with Crippen molar-refractivity contribution in [2.24, 2.45) is 0 Å². The molecule has 9 heteroatoms. The van der Waals surface area contributed by atoms with Gasteiger partial charge in [0.15, 0.2) is 0 Å². The van der Waals surface area contributed by atoms with Crippen LogP contribution in [0.3, 0.4) is 0 Å². The van der Waals surface area contributed by atoms with Crippen molar-refractivity contribution in [3.05, 3.63) is 63.2 Å². The lowest BCUT2D eigenvalue weighted by Gasteiger charge is -2.16. The first-order chi connectivity index (χ1) is 11.2. The number of nitrogens with zero attached hydrogens (tertiary/aromatic N) is 1. The summed E-state index contributed by atoms with van der Waals surface area (Å²) in [6.45, 7) is 1.83. The second-order valence-corrected chi connectivity index (χ2v) is 7.39. The molecule has 2 N–H and O–H groups in total. The molecule has 0 bridgehead atoms. The molecule has 0 aliphatic carbocycles. The zero-order chi connectivity index (χ0) is 17.9. The minimum absolute atomic E-state index is 0.169. The number of sulfonamides is 1. The van der Waals surface area contributed by atoms with Crippen LogP contribution in [0.1, 0.15) is 18.5 Å². The van der Waals surface area contributed by atoms with Crippen LogP contribution in [-0.2, 0) is 10.0 Å². The molecule has 2 aromatic rings. The van der Waals surface area contributed by atoms with Crippen molar-refractivity contribution >= 4 is 33.0 Å². The van der Waals surface area contributed by atoms with Gasteiger partial charge in [0.05, 0.1) is 9.82 Å². The monoisotopic (exact) mass is 369 g/mol.